The standard InChI is InChI=1S/C15H28N2S/c1-10(2)13(11(3)4)9-17-14(8-16)15-12(5)6-7-18-15/h6-7,10-11,13-14,17H,8-9,16H2,1-5H3. The lowest BCUT2D eigenvalue weighted by molar-refractivity contribution is 0.266. The van der Waals surface area contributed by atoms with E-state index in [0.29, 0.717) is 30.3 Å². The predicted octanol–water partition coefficient (Wildman–Crippen LogP) is 3.57. The highest BCUT2D eigenvalue weighted by molar-refractivity contribution is 7.10. The molecular formula is C15H28N2S. The van der Waals surface area contributed by atoms with Crippen LogP contribution in [0.2, 0.25) is 0 Å². The Balaban J connectivity index is 2.62. The van der Waals surface area contributed by atoms with Gasteiger partial charge in [0.05, 0.1) is 6.04 Å². The molecule has 0 aliphatic carbocycles. The second-order valence-electron chi connectivity index (χ2n) is 5.82. The molecule has 2 nitrogen and oxygen atoms in total. The number of aryl methyl sites for hydroxylation is 1. The summed E-state index contributed by atoms with van der Waals surface area (Å²) in [4.78, 5) is 1.39. The van der Waals surface area contributed by atoms with Crippen LogP contribution in [0.5, 0.6) is 0 Å². The predicted molar refractivity (Wildman–Crippen MR) is 82.0 cm³/mol. The molecule has 0 saturated carbocycles. The lowest BCUT2D eigenvalue weighted by Gasteiger charge is -2.27. The van der Waals surface area contributed by atoms with Gasteiger partial charge in [-0.2, -0.15) is 0 Å². The van der Waals surface area contributed by atoms with Gasteiger partial charge in [-0.15, -0.1) is 11.3 Å². The lowest BCUT2D eigenvalue weighted by atomic mass is 9.85. The summed E-state index contributed by atoms with van der Waals surface area (Å²) < 4.78 is 0. The van der Waals surface area contributed by atoms with E-state index in [1.807, 2.05) is 11.3 Å². The first-order valence-corrected chi connectivity index (χ1v) is 7.82. The van der Waals surface area contributed by atoms with Crippen molar-refractivity contribution in [3.05, 3.63) is 21.9 Å². The smallest absolute Gasteiger partial charge is 0.0542 e. The van der Waals surface area contributed by atoms with E-state index < -0.39 is 0 Å². The van der Waals surface area contributed by atoms with E-state index in [4.69, 9.17) is 5.73 Å². The highest BCUT2D eigenvalue weighted by atomic mass is 32.1. The van der Waals surface area contributed by atoms with Crippen molar-refractivity contribution in [1.29, 1.82) is 0 Å². The molecule has 0 fully saturated rings. The van der Waals surface area contributed by atoms with Gasteiger partial charge in [0.1, 0.15) is 0 Å². The third-order valence-electron chi connectivity index (χ3n) is 3.77. The zero-order chi connectivity index (χ0) is 13.7. The lowest BCUT2D eigenvalue weighted by Crippen LogP contribution is -2.35. The van der Waals surface area contributed by atoms with Gasteiger partial charge in [0.25, 0.3) is 0 Å². The monoisotopic (exact) mass is 268 g/mol. The zero-order valence-electron chi connectivity index (χ0n) is 12.4. The summed E-state index contributed by atoms with van der Waals surface area (Å²) in [5.74, 6) is 2.13. The van der Waals surface area contributed by atoms with Crippen molar-refractivity contribution >= 4 is 11.3 Å². The van der Waals surface area contributed by atoms with Crippen LogP contribution >= 0.6 is 11.3 Å². The van der Waals surface area contributed by atoms with Crippen molar-refractivity contribution < 1.29 is 0 Å². The molecule has 1 aromatic rings. The largest absolute Gasteiger partial charge is 0.329 e. The maximum Gasteiger partial charge on any atom is 0.0542 e. The second-order valence-corrected chi connectivity index (χ2v) is 6.76. The maximum absolute atomic E-state index is 5.92. The summed E-state index contributed by atoms with van der Waals surface area (Å²) in [6.45, 7) is 13.1. The van der Waals surface area contributed by atoms with Crippen molar-refractivity contribution in [1.82, 2.24) is 5.32 Å². The Kier molecular flexibility index (Phi) is 6.33. The fourth-order valence-electron chi connectivity index (χ4n) is 2.54. The van der Waals surface area contributed by atoms with Crippen LogP contribution in [0.4, 0.5) is 0 Å². The van der Waals surface area contributed by atoms with Gasteiger partial charge in [0.2, 0.25) is 0 Å². The van der Waals surface area contributed by atoms with Gasteiger partial charge in [-0.1, -0.05) is 27.7 Å². The number of nitrogens with one attached hydrogen (secondary N) is 1. The highest BCUT2D eigenvalue weighted by Crippen LogP contribution is 2.25. The van der Waals surface area contributed by atoms with Gasteiger partial charge in [-0.3, -0.25) is 0 Å². The van der Waals surface area contributed by atoms with Crippen LogP contribution in [-0.2, 0) is 0 Å². The topological polar surface area (TPSA) is 38.0 Å². The Labute approximate surface area is 116 Å². The molecular weight excluding hydrogens is 240 g/mol. The quantitative estimate of drug-likeness (QED) is 0.793. The Morgan fingerprint density at radius 1 is 1.22 bits per heavy atom. The molecule has 104 valence electrons. The van der Waals surface area contributed by atoms with Crippen molar-refractivity contribution in [3.8, 4) is 0 Å². The molecule has 3 N–H and O–H groups in total. The summed E-state index contributed by atoms with van der Waals surface area (Å²) in [5.41, 5.74) is 7.27. The summed E-state index contributed by atoms with van der Waals surface area (Å²) in [6.07, 6.45) is 0. The van der Waals surface area contributed by atoms with Gasteiger partial charge in [-0.25, -0.2) is 0 Å². The molecule has 1 rings (SSSR count). The van der Waals surface area contributed by atoms with Crippen LogP contribution in [0.3, 0.4) is 0 Å². The van der Waals surface area contributed by atoms with Crippen LogP contribution in [0.15, 0.2) is 11.4 Å². The van der Waals surface area contributed by atoms with Crippen LogP contribution in [0.25, 0.3) is 0 Å². The number of hydrogen-bond acceptors (Lipinski definition) is 3. The van der Waals surface area contributed by atoms with Crippen LogP contribution in [0, 0.1) is 24.7 Å². The first-order chi connectivity index (χ1) is 8.47. The molecule has 0 amide bonds. The van der Waals surface area contributed by atoms with E-state index in [-0.39, 0.29) is 0 Å². The van der Waals surface area contributed by atoms with Gasteiger partial charge in [0.15, 0.2) is 0 Å². The Morgan fingerprint density at radius 3 is 2.22 bits per heavy atom. The Bertz CT molecular complexity index is 336. The Morgan fingerprint density at radius 2 is 1.83 bits per heavy atom. The number of hydrogen-bond donors (Lipinski definition) is 2. The molecule has 3 heteroatoms. The van der Waals surface area contributed by atoms with Crippen LogP contribution in [-0.4, -0.2) is 13.1 Å². The normalized spacial score (nSPS) is 13.8. The molecule has 0 bridgehead atoms. The first-order valence-electron chi connectivity index (χ1n) is 6.94. The fourth-order valence-corrected chi connectivity index (χ4v) is 3.56. The van der Waals surface area contributed by atoms with E-state index in [1.54, 1.807) is 0 Å². The summed E-state index contributed by atoms with van der Waals surface area (Å²) in [7, 11) is 0. The van der Waals surface area contributed by atoms with Crippen LogP contribution < -0.4 is 11.1 Å². The van der Waals surface area contributed by atoms with Crippen molar-refractivity contribution in [3.63, 3.8) is 0 Å². The summed E-state index contributed by atoms with van der Waals surface area (Å²) in [5, 5.41) is 5.81. The summed E-state index contributed by atoms with van der Waals surface area (Å²) >= 11 is 1.81. The van der Waals surface area contributed by atoms with Gasteiger partial charge >= 0.3 is 0 Å². The average Bonchev–Trinajstić information content (AvgIpc) is 2.70. The highest BCUT2D eigenvalue weighted by Gasteiger charge is 2.20. The fraction of sp³-hybridized carbons (Fsp3) is 0.733. The molecule has 0 aliphatic rings. The molecule has 1 unspecified atom stereocenters. The molecule has 0 saturated heterocycles. The number of nitrogens with two attached hydrogens (primary N) is 1. The SMILES string of the molecule is Cc1ccsc1C(CN)NCC(C(C)C)C(C)C. The third kappa shape index (κ3) is 4.08. The van der Waals surface area contributed by atoms with Gasteiger partial charge < -0.3 is 11.1 Å². The first kappa shape index (κ1) is 15.7. The molecule has 0 radical (unpaired) electrons. The van der Waals surface area contributed by atoms with E-state index in [1.165, 1.54) is 10.4 Å². The number of rotatable bonds is 7. The average molecular weight is 268 g/mol. The minimum atomic E-state index is 0.310. The molecule has 0 aliphatic heterocycles. The van der Waals surface area contributed by atoms with Crippen molar-refractivity contribution in [2.24, 2.45) is 23.5 Å². The van der Waals surface area contributed by atoms with E-state index in [2.05, 4.69) is 51.4 Å². The molecule has 0 spiro atoms. The number of thiophene rings is 1. The van der Waals surface area contributed by atoms with Gasteiger partial charge in [-0.05, 0) is 48.2 Å². The molecule has 0 aromatic carbocycles. The minimum absolute atomic E-state index is 0.310. The third-order valence-corrected chi connectivity index (χ3v) is 4.90. The Hall–Kier alpha value is -0.380. The van der Waals surface area contributed by atoms with E-state index in [9.17, 15) is 0 Å². The van der Waals surface area contributed by atoms with Crippen LogP contribution in [0.1, 0.15) is 44.2 Å². The van der Waals surface area contributed by atoms with Gasteiger partial charge in [0, 0.05) is 11.4 Å². The zero-order valence-corrected chi connectivity index (χ0v) is 13.2. The molecule has 1 atom stereocenters. The minimum Gasteiger partial charge on any atom is -0.329 e. The molecule has 18 heavy (non-hydrogen) atoms. The second kappa shape index (κ2) is 7.27. The van der Waals surface area contributed by atoms with Crippen molar-refractivity contribution in [2.45, 2.75) is 40.7 Å². The van der Waals surface area contributed by atoms with E-state index >= 15 is 0 Å². The molecule has 1 heterocycles. The summed E-state index contributed by atoms with van der Waals surface area (Å²) in [6, 6.07) is 2.48. The van der Waals surface area contributed by atoms with Crippen molar-refractivity contribution in [2.75, 3.05) is 13.1 Å². The van der Waals surface area contributed by atoms with E-state index in [0.717, 1.165) is 6.54 Å². The molecule has 1 aromatic heterocycles. The maximum atomic E-state index is 5.92.